The van der Waals surface area contributed by atoms with Gasteiger partial charge >= 0.3 is 6.09 Å². The Balaban J connectivity index is 1.59. The van der Waals surface area contributed by atoms with Gasteiger partial charge in [-0.3, -0.25) is 0 Å². The molecule has 0 radical (unpaired) electrons. The van der Waals surface area contributed by atoms with Gasteiger partial charge in [-0.1, -0.05) is 32.0 Å². The highest BCUT2D eigenvalue weighted by atomic mass is 16.4. The highest BCUT2D eigenvalue weighted by molar-refractivity contribution is 5.66. The Morgan fingerprint density at radius 1 is 1.11 bits per heavy atom. The number of carboxylic acid groups (broad SMARTS) is 1. The van der Waals surface area contributed by atoms with Gasteiger partial charge in [0.1, 0.15) is 5.82 Å². The number of benzene rings is 1. The standard InChI is InChI=1S/C22H27N3O2/c1-22(2)10-4-5-16-8-9-17(15-18(16)22)19-6-3-7-20(23-19)24-11-13-25(14-12-24)21(26)27/h3,6-9,15H,4-5,10-14H2,1-2H3,(H,26,27). The van der Waals surface area contributed by atoms with E-state index in [0.717, 1.165) is 17.1 Å². The molecule has 1 saturated heterocycles. The average Bonchev–Trinajstić information content (AvgIpc) is 2.68. The van der Waals surface area contributed by atoms with Crippen molar-refractivity contribution < 1.29 is 9.90 Å². The molecule has 1 aromatic carbocycles. The van der Waals surface area contributed by atoms with E-state index in [2.05, 4.69) is 43.0 Å². The number of fused-ring (bicyclic) bond motifs is 1. The van der Waals surface area contributed by atoms with Crippen molar-refractivity contribution in [3.05, 3.63) is 47.5 Å². The number of aryl methyl sites for hydroxylation is 1. The Bertz CT molecular complexity index is 854. The van der Waals surface area contributed by atoms with Crippen LogP contribution < -0.4 is 4.90 Å². The molecule has 0 saturated carbocycles. The predicted molar refractivity (Wildman–Crippen MR) is 107 cm³/mol. The first-order valence-corrected chi connectivity index (χ1v) is 9.78. The predicted octanol–water partition coefficient (Wildman–Crippen LogP) is 4.16. The lowest BCUT2D eigenvalue weighted by Gasteiger charge is -2.34. The second-order valence-corrected chi connectivity index (χ2v) is 8.25. The zero-order chi connectivity index (χ0) is 19.0. The Labute approximate surface area is 160 Å². The van der Waals surface area contributed by atoms with Crippen LogP contribution in [0, 0.1) is 0 Å². The molecule has 1 N–H and O–H groups in total. The lowest BCUT2D eigenvalue weighted by molar-refractivity contribution is 0.142. The molecule has 1 aromatic heterocycles. The minimum Gasteiger partial charge on any atom is -0.465 e. The number of pyridine rings is 1. The second-order valence-electron chi connectivity index (χ2n) is 8.25. The number of rotatable bonds is 2. The summed E-state index contributed by atoms with van der Waals surface area (Å²) in [5.41, 5.74) is 5.28. The van der Waals surface area contributed by atoms with Crippen LogP contribution in [-0.4, -0.2) is 47.3 Å². The molecule has 5 nitrogen and oxygen atoms in total. The lowest BCUT2D eigenvalue weighted by Crippen LogP contribution is -2.48. The second kappa shape index (κ2) is 6.87. The third kappa shape index (κ3) is 3.51. The molecule has 0 atom stereocenters. The maximum atomic E-state index is 11.1. The fourth-order valence-electron chi connectivity index (χ4n) is 4.33. The maximum absolute atomic E-state index is 11.1. The van der Waals surface area contributed by atoms with Gasteiger partial charge in [0.05, 0.1) is 5.69 Å². The van der Waals surface area contributed by atoms with Gasteiger partial charge in [0.25, 0.3) is 0 Å². The van der Waals surface area contributed by atoms with Crippen LogP contribution in [0.25, 0.3) is 11.3 Å². The topological polar surface area (TPSA) is 56.7 Å². The molecule has 0 unspecified atom stereocenters. The van der Waals surface area contributed by atoms with Crippen molar-refractivity contribution in [2.24, 2.45) is 0 Å². The quantitative estimate of drug-likeness (QED) is 0.868. The molecule has 1 amide bonds. The van der Waals surface area contributed by atoms with Crippen molar-refractivity contribution in [1.29, 1.82) is 0 Å². The molecule has 4 rings (SSSR count). The molecular formula is C22H27N3O2. The van der Waals surface area contributed by atoms with Crippen LogP contribution in [0.15, 0.2) is 36.4 Å². The number of amides is 1. The van der Waals surface area contributed by atoms with Crippen molar-refractivity contribution in [1.82, 2.24) is 9.88 Å². The van der Waals surface area contributed by atoms with Crippen LogP contribution in [0.2, 0.25) is 0 Å². The molecule has 5 heteroatoms. The number of anilines is 1. The number of carbonyl (C=O) groups is 1. The molecule has 2 heterocycles. The number of hydrogen-bond donors (Lipinski definition) is 1. The first-order chi connectivity index (χ1) is 12.9. The van der Waals surface area contributed by atoms with Crippen molar-refractivity contribution in [2.45, 2.75) is 38.5 Å². The van der Waals surface area contributed by atoms with E-state index in [0.29, 0.717) is 26.2 Å². The first kappa shape index (κ1) is 17.8. The fourth-order valence-corrected chi connectivity index (χ4v) is 4.33. The lowest BCUT2D eigenvalue weighted by atomic mass is 9.72. The largest absolute Gasteiger partial charge is 0.465 e. The van der Waals surface area contributed by atoms with Crippen LogP contribution in [-0.2, 0) is 11.8 Å². The van der Waals surface area contributed by atoms with Gasteiger partial charge in [0, 0.05) is 31.7 Å². The summed E-state index contributed by atoms with van der Waals surface area (Å²) < 4.78 is 0. The first-order valence-electron chi connectivity index (χ1n) is 9.78. The van der Waals surface area contributed by atoms with Gasteiger partial charge in [-0.25, -0.2) is 9.78 Å². The van der Waals surface area contributed by atoms with E-state index in [-0.39, 0.29) is 5.41 Å². The Kier molecular flexibility index (Phi) is 4.54. The molecule has 2 aromatic rings. The number of nitrogens with zero attached hydrogens (tertiary/aromatic N) is 3. The molecule has 27 heavy (non-hydrogen) atoms. The summed E-state index contributed by atoms with van der Waals surface area (Å²) in [6, 6.07) is 12.9. The van der Waals surface area contributed by atoms with E-state index in [4.69, 9.17) is 10.1 Å². The summed E-state index contributed by atoms with van der Waals surface area (Å²) in [6.07, 6.45) is 2.81. The molecule has 1 fully saturated rings. The normalized spacial score (nSPS) is 18.9. The van der Waals surface area contributed by atoms with E-state index in [1.165, 1.54) is 35.3 Å². The Morgan fingerprint density at radius 2 is 1.89 bits per heavy atom. The van der Waals surface area contributed by atoms with Gasteiger partial charge in [0.15, 0.2) is 0 Å². The van der Waals surface area contributed by atoms with Crippen LogP contribution >= 0.6 is 0 Å². The van der Waals surface area contributed by atoms with Crippen molar-refractivity contribution in [3.63, 3.8) is 0 Å². The number of aromatic nitrogens is 1. The van der Waals surface area contributed by atoms with Crippen LogP contribution in [0.3, 0.4) is 0 Å². The molecule has 2 aliphatic rings. The van der Waals surface area contributed by atoms with Crippen molar-refractivity contribution >= 4 is 11.9 Å². The SMILES string of the molecule is CC1(C)CCCc2ccc(-c3cccc(N4CCN(C(=O)O)CC4)n3)cc21. The minimum atomic E-state index is -0.840. The summed E-state index contributed by atoms with van der Waals surface area (Å²) in [7, 11) is 0. The monoisotopic (exact) mass is 365 g/mol. The van der Waals surface area contributed by atoms with E-state index in [1.54, 1.807) is 0 Å². The number of hydrogen-bond acceptors (Lipinski definition) is 3. The van der Waals surface area contributed by atoms with Crippen LogP contribution in [0.5, 0.6) is 0 Å². The molecule has 0 spiro atoms. The zero-order valence-electron chi connectivity index (χ0n) is 16.1. The highest BCUT2D eigenvalue weighted by Gasteiger charge is 2.27. The third-order valence-electron chi connectivity index (χ3n) is 5.99. The minimum absolute atomic E-state index is 0.217. The highest BCUT2D eigenvalue weighted by Crippen LogP contribution is 2.38. The van der Waals surface area contributed by atoms with Crippen molar-refractivity contribution in [2.75, 3.05) is 31.1 Å². The summed E-state index contributed by atoms with van der Waals surface area (Å²) in [6.45, 7) is 7.07. The smallest absolute Gasteiger partial charge is 0.407 e. The number of piperazine rings is 1. The van der Waals surface area contributed by atoms with E-state index < -0.39 is 6.09 Å². The molecule has 0 bridgehead atoms. The Hall–Kier alpha value is -2.56. The summed E-state index contributed by atoms with van der Waals surface area (Å²) in [5, 5.41) is 9.12. The maximum Gasteiger partial charge on any atom is 0.407 e. The van der Waals surface area contributed by atoms with Gasteiger partial charge in [0.2, 0.25) is 0 Å². The molecule has 1 aliphatic heterocycles. The molecule has 142 valence electrons. The van der Waals surface area contributed by atoms with E-state index in [9.17, 15) is 4.79 Å². The Morgan fingerprint density at radius 3 is 2.63 bits per heavy atom. The van der Waals surface area contributed by atoms with Crippen molar-refractivity contribution in [3.8, 4) is 11.3 Å². The summed E-state index contributed by atoms with van der Waals surface area (Å²) >= 11 is 0. The fraction of sp³-hybridized carbons (Fsp3) is 0.455. The van der Waals surface area contributed by atoms with Crippen LogP contribution in [0.4, 0.5) is 10.6 Å². The van der Waals surface area contributed by atoms with Gasteiger partial charge in [-0.2, -0.15) is 0 Å². The zero-order valence-corrected chi connectivity index (χ0v) is 16.1. The summed E-state index contributed by atoms with van der Waals surface area (Å²) in [4.78, 5) is 19.6. The van der Waals surface area contributed by atoms with E-state index >= 15 is 0 Å². The van der Waals surface area contributed by atoms with Gasteiger partial charge in [-0.05, 0) is 54.0 Å². The van der Waals surface area contributed by atoms with Gasteiger partial charge < -0.3 is 14.9 Å². The van der Waals surface area contributed by atoms with Crippen LogP contribution in [0.1, 0.15) is 37.8 Å². The third-order valence-corrected chi connectivity index (χ3v) is 5.99. The van der Waals surface area contributed by atoms with Gasteiger partial charge in [-0.15, -0.1) is 0 Å². The molecular weight excluding hydrogens is 338 g/mol. The van der Waals surface area contributed by atoms with E-state index in [1.807, 2.05) is 12.1 Å². The molecule has 1 aliphatic carbocycles. The summed E-state index contributed by atoms with van der Waals surface area (Å²) in [5.74, 6) is 0.925. The average molecular weight is 365 g/mol.